The minimum atomic E-state index is -0.201. The predicted molar refractivity (Wildman–Crippen MR) is 95.2 cm³/mol. The van der Waals surface area contributed by atoms with Crippen molar-refractivity contribution in [1.82, 2.24) is 20.3 Å². The van der Waals surface area contributed by atoms with Gasteiger partial charge in [0.1, 0.15) is 11.3 Å². The van der Waals surface area contributed by atoms with E-state index in [1.807, 2.05) is 30.3 Å². The molecule has 0 aliphatic carbocycles. The Morgan fingerprint density at radius 3 is 2.54 bits per heavy atom. The Labute approximate surface area is 150 Å². The second-order valence-electron chi connectivity index (χ2n) is 7.36. The van der Waals surface area contributed by atoms with Crippen molar-refractivity contribution >= 4 is 16.9 Å². The van der Waals surface area contributed by atoms with Gasteiger partial charge in [-0.2, -0.15) is 0 Å². The van der Waals surface area contributed by atoms with Crippen LogP contribution >= 0.6 is 0 Å². The number of amides is 1. The third-order valence-corrected chi connectivity index (χ3v) is 5.88. The SMILES string of the molecule is O=C(c1ccc2nn[nH]c2c1)N1C2CCC1CC(c1ccc(F)cc1)C2. The summed E-state index contributed by atoms with van der Waals surface area (Å²) in [7, 11) is 0. The lowest BCUT2D eigenvalue weighted by Gasteiger charge is -2.39. The van der Waals surface area contributed by atoms with Gasteiger partial charge < -0.3 is 4.90 Å². The highest BCUT2D eigenvalue weighted by Gasteiger charge is 2.43. The molecule has 0 saturated carbocycles. The van der Waals surface area contributed by atoms with Gasteiger partial charge in [-0.3, -0.25) is 9.89 Å². The average molecular weight is 350 g/mol. The van der Waals surface area contributed by atoms with E-state index in [9.17, 15) is 9.18 Å². The number of carbonyl (C=O) groups is 1. The summed E-state index contributed by atoms with van der Waals surface area (Å²) in [6.07, 6.45) is 3.98. The summed E-state index contributed by atoms with van der Waals surface area (Å²) < 4.78 is 13.2. The van der Waals surface area contributed by atoms with Crippen LogP contribution in [0, 0.1) is 5.82 Å². The van der Waals surface area contributed by atoms with Crippen LogP contribution in [0.15, 0.2) is 42.5 Å². The van der Waals surface area contributed by atoms with Crippen molar-refractivity contribution in [2.24, 2.45) is 0 Å². The Bertz CT molecular complexity index is 953. The third kappa shape index (κ3) is 2.48. The van der Waals surface area contributed by atoms with Gasteiger partial charge in [0.05, 0.1) is 5.52 Å². The number of halogens is 1. The van der Waals surface area contributed by atoms with Crippen LogP contribution in [0.3, 0.4) is 0 Å². The van der Waals surface area contributed by atoms with Gasteiger partial charge in [-0.25, -0.2) is 4.39 Å². The standard InChI is InChI=1S/C20H19FN4O/c21-15-4-1-12(2-5-15)14-9-16-6-7-17(10-14)25(16)20(26)13-3-8-18-19(11-13)23-24-22-18/h1-5,8,11,14,16-17H,6-7,9-10H2,(H,22,23,24). The highest BCUT2D eigenvalue weighted by molar-refractivity contribution is 5.97. The fourth-order valence-corrected chi connectivity index (χ4v) is 4.64. The predicted octanol–water partition coefficient (Wildman–Crippen LogP) is 3.65. The number of aromatic nitrogens is 3. The van der Waals surface area contributed by atoms with E-state index >= 15 is 0 Å². The lowest BCUT2D eigenvalue weighted by atomic mass is 9.85. The Hall–Kier alpha value is -2.76. The monoisotopic (exact) mass is 350 g/mol. The van der Waals surface area contributed by atoms with Crippen LogP contribution in [0.4, 0.5) is 4.39 Å². The maximum absolute atomic E-state index is 13.2. The molecule has 2 aromatic carbocycles. The van der Waals surface area contributed by atoms with Crippen molar-refractivity contribution in [3.63, 3.8) is 0 Å². The van der Waals surface area contributed by atoms with Crippen molar-refractivity contribution < 1.29 is 9.18 Å². The lowest BCUT2D eigenvalue weighted by Crippen LogP contribution is -2.46. The molecule has 2 bridgehead atoms. The van der Waals surface area contributed by atoms with Gasteiger partial charge in [0.15, 0.2) is 0 Å². The largest absolute Gasteiger partial charge is 0.333 e. The molecule has 3 heterocycles. The number of hydrogen-bond acceptors (Lipinski definition) is 3. The molecule has 1 N–H and O–H groups in total. The molecule has 2 aliphatic heterocycles. The van der Waals surface area contributed by atoms with Crippen LogP contribution in [-0.2, 0) is 0 Å². The Morgan fingerprint density at radius 2 is 1.81 bits per heavy atom. The highest BCUT2D eigenvalue weighted by atomic mass is 19.1. The lowest BCUT2D eigenvalue weighted by molar-refractivity contribution is 0.0571. The van der Waals surface area contributed by atoms with Gasteiger partial charge in [0, 0.05) is 17.6 Å². The minimum Gasteiger partial charge on any atom is -0.333 e. The van der Waals surface area contributed by atoms with Crippen LogP contribution in [-0.4, -0.2) is 38.3 Å². The van der Waals surface area contributed by atoms with E-state index < -0.39 is 0 Å². The first-order chi connectivity index (χ1) is 12.7. The molecule has 1 aromatic heterocycles. The van der Waals surface area contributed by atoms with Crippen molar-refractivity contribution in [1.29, 1.82) is 0 Å². The topological polar surface area (TPSA) is 61.9 Å². The second kappa shape index (κ2) is 5.90. The molecule has 2 atom stereocenters. The molecule has 0 spiro atoms. The number of aromatic amines is 1. The van der Waals surface area contributed by atoms with E-state index in [-0.39, 0.29) is 23.8 Å². The number of nitrogens with zero attached hydrogens (tertiary/aromatic N) is 3. The first kappa shape index (κ1) is 15.5. The average Bonchev–Trinajstić information content (AvgIpc) is 3.23. The molecule has 2 aliphatic rings. The summed E-state index contributed by atoms with van der Waals surface area (Å²) in [6, 6.07) is 12.8. The zero-order valence-corrected chi connectivity index (χ0v) is 14.2. The van der Waals surface area contributed by atoms with Crippen molar-refractivity contribution in [3.8, 4) is 0 Å². The van der Waals surface area contributed by atoms with Crippen LogP contribution in [0.1, 0.15) is 47.5 Å². The number of benzene rings is 2. The number of nitrogens with one attached hydrogen (secondary N) is 1. The molecule has 3 aromatic rings. The minimum absolute atomic E-state index is 0.0894. The molecule has 132 valence electrons. The molecule has 0 radical (unpaired) electrons. The van der Waals surface area contributed by atoms with E-state index in [4.69, 9.17) is 0 Å². The van der Waals surface area contributed by atoms with E-state index in [0.717, 1.165) is 36.7 Å². The third-order valence-electron chi connectivity index (χ3n) is 5.88. The maximum Gasteiger partial charge on any atom is 0.254 e. The van der Waals surface area contributed by atoms with Crippen molar-refractivity contribution in [2.45, 2.75) is 43.7 Å². The number of rotatable bonds is 2. The molecule has 2 saturated heterocycles. The Morgan fingerprint density at radius 1 is 1.08 bits per heavy atom. The summed E-state index contributed by atoms with van der Waals surface area (Å²) >= 11 is 0. The first-order valence-electron chi connectivity index (χ1n) is 9.08. The van der Waals surface area contributed by atoms with Crippen LogP contribution in [0.5, 0.6) is 0 Å². The summed E-state index contributed by atoms with van der Waals surface area (Å²) in [4.78, 5) is 15.2. The number of piperidine rings is 1. The Kier molecular flexibility index (Phi) is 3.51. The number of H-pyrrole nitrogens is 1. The molecule has 6 heteroatoms. The van der Waals surface area contributed by atoms with Gasteiger partial charge >= 0.3 is 0 Å². The molecule has 26 heavy (non-hydrogen) atoms. The Balaban J connectivity index is 1.39. The van der Waals surface area contributed by atoms with Crippen LogP contribution < -0.4 is 0 Å². The number of fused-ring (bicyclic) bond motifs is 3. The van der Waals surface area contributed by atoms with Gasteiger partial charge in [0.25, 0.3) is 5.91 Å². The quantitative estimate of drug-likeness (QED) is 0.767. The smallest absolute Gasteiger partial charge is 0.254 e. The number of hydrogen-bond donors (Lipinski definition) is 1. The fourth-order valence-electron chi connectivity index (χ4n) is 4.64. The van der Waals surface area contributed by atoms with E-state index in [2.05, 4.69) is 20.3 Å². The van der Waals surface area contributed by atoms with Crippen molar-refractivity contribution in [3.05, 3.63) is 59.4 Å². The van der Waals surface area contributed by atoms with Crippen LogP contribution in [0.25, 0.3) is 11.0 Å². The van der Waals surface area contributed by atoms with E-state index in [1.54, 1.807) is 0 Å². The van der Waals surface area contributed by atoms with Gasteiger partial charge in [-0.05, 0) is 67.5 Å². The summed E-state index contributed by atoms with van der Waals surface area (Å²) in [5, 5.41) is 10.6. The molecule has 5 nitrogen and oxygen atoms in total. The van der Waals surface area contributed by atoms with Gasteiger partial charge in [0.2, 0.25) is 0 Å². The molecule has 2 unspecified atom stereocenters. The van der Waals surface area contributed by atoms with E-state index in [1.165, 1.54) is 17.7 Å². The molecule has 5 rings (SSSR count). The summed E-state index contributed by atoms with van der Waals surface area (Å²) in [6.45, 7) is 0. The number of carbonyl (C=O) groups excluding carboxylic acids is 1. The molecular formula is C20H19FN4O. The van der Waals surface area contributed by atoms with Crippen LogP contribution in [0.2, 0.25) is 0 Å². The molecule has 1 amide bonds. The zero-order chi connectivity index (χ0) is 17.7. The highest BCUT2D eigenvalue weighted by Crippen LogP contribution is 2.43. The summed E-state index contributed by atoms with van der Waals surface area (Å²) in [5.41, 5.74) is 3.41. The van der Waals surface area contributed by atoms with E-state index in [0.29, 0.717) is 11.5 Å². The van der Waals surface area contributed by atoms with Gasteiger partial charge in [-0.1, -0.05) is 17.3 Å². The van der Waals surface area contributed by atoms with Gasteiger partial charge in [-0.15, -0.1) is 5.10 Å². The fraction of sp³-hybridized carbons (Fsp3) is 0.350. The normalized spacial score (nSPS) is 25.0. The molecular weight excluding hydrogens is 331 g/mol. The first-order valence-corrected chi connectivity index (χ1v) is 9.08. The summed E-state index contributed by atoms with van der Waals surface area (Å²) in [5.74, 6) is 0.288. The maximum atomic E-state index is 13.2. The zero-order valence-electron chi connectivity index (χ0n) is 14.2. The molecule has 2 fully saturated rings. The second-order valence-corrected chi connectivity index (χ2v) is 7.36. The van der Waals surface area contributed by atoms with Crippen molar-refractivity contribution in [2.75, 3.05) is 0 Å².